The van der Waals surface area contributed by atoms with Gasteiger partial charge in [-0.25, -0.2) is 4.98 Å². The van der Waals surface area contributed by atoms with Gasteiger partial charge in [0, 0.05) is 50.7 Å². The topological polar surface area (TPSA) is 65.3 Å². The van der Waals surface area contributed by atoms with Crippen molar-refractivity contribution in [2.75, 3.05) is 33.4 Å². The number of nitrogens with zero attached hydrogens (tertiary/aromatic N) is 3. The number of rotatable bonds is 5. The molecule has 168 valence electrons. The first kappa shape index (κ1) is 21.0. The minimum atomic E-state index is -0.484. The van der Waals surface area contributed by atoms with Gasteiger partial charge in [0.15, 0.2) is 5.79 Å². The highest BCUT2D eigenvalue weighted by atomic mass is 16.7. The number of likely N-dealkylation sites (tertiary alicyclic amines) is 1. The number of benzene rings is 1. The predicted molar refractivity (Wildman–Crippen MR) is 120 cm³/mol. The van der Waals surface area contributed by atoms with Crippen LogP contribution >= 0.6 is 0 Å². The molecule has 1 amide bonds. The molecule has 3 aromatic rings. The second kappa shape index (κ2) is 8.56. The summed E-state index contributed by atoms with van der Waals surface area (Å²) in [6, 6.07) is 12.0. The van der Waals surface area contributed by atoms with Crippen LogP contribution < -0.4 is 4.74 Å². The fourth-order valence-corrected chi connectivity index (χ4v) is 4.87. The first-order chi connectivity index (χ1) is 15.6. The van der Waals surface area contributed by atoms with E-state index in [-0.39, 0.29) is 11.8 Å². The van der Waals surface area contributed by atoms with Crippen molar-refractivity contribution in [1.82, 2.24) is 14.3 Å². The van der Waals surface area contributed by atoms with Gasteiger partial charge in [0.2, 0.25) is 5.91 Å². The number of hydrogen-bond acceptors (Lipinski definition) is 5. The first-order valence-corrected chi connectivity index (χ1v) is 11.2. The molecule has 2 fully saturated rings. The van der Waals surface area contributed by atoms with Crippen LogP contribution in [0.3, 0.4) is 0 Å². The summed E-state index contributed by atoms with van der Waals surface area (Å²) in [7, 11) is 1.66. The molecule has 2 aliphatic heterocycles. The first-order valence-electron chi connectivity index (χ1n) is 11.2. The van der Waals surface area contributed by atoms with Crippen LogP contribution in [0.25, 0.3) is 5.65 Å². The van der Waals surface area contributed by atoms with Crippen LogP contribution in [0.4, 0.5) is 0 Å². The third-order valence-electron chi connectivity index (χ3n) is 6.68. The molecular formula is C25H29N3O4. The fourth-order valence-electron chi connectivity index (χ4n) is 4.87. The lowest BCUT2D eigenvalue weighted by atomic mass is 9.91. The van der Waals surface area contributed by atoms with Crippen molar-refractivity contribution >= 4 is 11.6 Å². The van der Waals surface area contributed by atoms with Gasteiger partial charge < -0.3 is 23.5 Å². The molecule has 2 aromatic heterocycles. The summed E-state index contributed by atoms with van der Waals surface area (Å²) >= 11 is 0. The molecule has 0 radical (unpaired) electrons. The quantitative estimate of drug-likeness (QED) is 0.613. The maximum atomic E-state index is 13.4. The SMILES string of the molecule is COc1cccc(C(CC(=O)N2CCC3(CC2)OCCO3)c2cnc3c(C)cccn23)c1. The molecule has 1 spiro atoms. The normalized spacial score (nSPS) is 18.9. The van der Waals surface area contributed by atoms with Gasteiger partial charge in [-0.15, -0.1) is 0 Å². The Morgan fingerprint density at radius 2 is 1.97 bits per heavy atom. The van der Waals surface area contributed by atoms with Gasteiger partial charge in [0.05, 0.1) is 26.0 Å². The number of imidazole rings is 1. The number of pyridine rings is 1. The molecule has 32 heavy (non-hydrogen) atoms. The largest absolute Gasteiger partial charge is 0.497 e. The number of carbonyl (C=O) groups is 1. The minimum Gasteiger partial charge on any atom is -0.497 e. The van der Waals surface area contributed by atoms with E-state index in [9.17, 15) is 4.79 Å². The van der Waals surface area contributed by atoms with Crippen LogP contribution in [0, 0.1) is 6.92 Å². The average Bonchev–Trinajstić information content (AvgIpc) is 3.46. The van der Waals surface area contributed by atoms with Crippen LogP contribution in [0.1, 0.15) is 42.0 Å². The molecule has 1 aromatic carbocycles. The number of hydrogen-bond donors (Lipinski definition) is 0. The van der Waals surface area contributed by atoms with E-state index in [0.29, 0.717) is 32.7 Å². The summed E-state index contributed by atoms with van der Waals surface area (Å²) in [4.78, 5) is 20.0. The molecule has 0 bridgehead atoms. The van der Waals surface area contributed by atoms with Crippen molar-refractivity contribution in [2.45, 2.75) is 37.9 Å². The minimum absolute atomic E-state index is 0.133. The molecule has 7 nitrogen and oxygen atoms in total. The Labute approximate surface area is 187 Å². The summed E-state index contributed by atoms with van der Waals surface area (Å²) in [6.45, 7) is 4.62. The van der Waals surface area contributed by atoms with Gasteiger partial charge in [-0.1, -0.05) is 18.2 Å². The Bertz CT molecular complexity index is 1110. The lowest BCUT2D eigenvalue weighted by molar-refractivity contribution is -0.187. The predicted octanol–water partition coefficient (Wildman–Crippen LogP) is 3.54. The molecule has 5 rings (SSSR count). The number of carbonyl (C=O) groups excluding carboxylic acids is 1. The molecule has 1 unspecified atom stereocenters. The Kier molecular flexibility index (Phi) is 5.61. The van der Waals surface area contributed by atoms with E-state index in [1.165, 1.54) is 0 Å². The second-order valence-electron chi connectivity index (χ2n) is 8.59. The van der Waals surface area contributed by atoms with Gasteiger partial charge in [-0.2, -0.15) is 0 Å². The zero-order chi connectivity index (χ0) is 22.1. The van der Waals surface area contributed by atoms with Crippen molar-refractivity contribution in [3.63, 3.8) is 0 Å². The summed E-state index contributed by atoms with van der Waals surface area (Å²) in [6.07, 6.45) is 5.71. The summed E-state index contributed by atoms with van der Waals surface area (Å²) in [5.74, 6) is 0.292. The average molecular weight is 436 g/mol. The molecule has 2 saturated heterocycles. The molecule has 0 saturated carbocycles. The summed E-state index contributed by atoms with van der Waals surface area (Å²) in [5.41, 5.74) is 4.06. The van der Waals surface area contributed by atoms with Gasteiger partial charge in [-0.3, -0.25) is 4.79 Å². The van der Waals surface area contributed by atoms with Crippen molar-refractivity contribution in [1.29, 1.82) is 0 Å². The Morgan fingerprint density at radius 3 is 2.72 bits per heavy atom. The van der Waals surface area contributed by atoms with Crippen LogP contribution in [0.2, 0.25) is 0 Å². The number of fused-ring (bicyclic) bond motifs is 1. The lowest BCUT2D eigenvalue weighted by Gasteiger charge is -2.38. The highest BCUT2D eigenvalue weighted by molar-refractivity contribution is 5.78. The van der Waals surface area contributed by atoms with E-state index in [1.807, 2.05) is 41.6 Å². The third-order valence-corrected chi connectivity index (χ3v) is 6.68. The van der Waals surface area contributed by atoms with Gasteiger partial charge in [0.1, 0.15) is 11.4 Å². The van der Waals surface area contributed by atoms with Crippen molar-refractivity contribution in [3.8, 4) is 5.75 Å². The maximum absolute atomic E-state index is 13.4. The van der Waals surface area contributed by atoms with E-state index >= 15 is 0 Å². The molecule has 0 N–H and O–H groups in total. The number of methoxy groups -OCH3 is 1. The third kappa shape index (κ3) is 3.87. The Hall–Kier alpha value is -2.90. The maximum Gasteiger partial charge on any atom is 0.223 e. The lowest BCUT2D eigenvalue weighted by Crippen LogP contribution is -2.47. The zero-order valence-electron chi connectivity index (χ0n) is 18.6. The van der Waals surface area contributed by atoms with Crippen LogP contribution in [0.15, 0.2) is 48.8 Å². The number of amides is 1. The number of piperidine rings is 1. The van der Waals surface area contributed by atoms with Crippen molar-refractivity contribution in [3.05, 3.63) is 65.6 Å². The number of aromatic nitrogens is 2. The molecule has 1 atom stereocenters. The number of aryl methyl sites for hydroxylation is 1. The van der Waals surface area contributed by atoms with E-state index in [1.54, 1.807) is 7.11 Å². The van der Waals surface area contributed by atoms with Crippen LogP contribution in [0.5, 0.6) is 5.75 Å². The Morgan fingerprint density at radius 1 is 1.19 bits per heavy atom. The summed E-state index contributed by atoms with van der Waals surface area (Å²) in [5, 5.41) is 0. The van der Waals surface area contributed by atoms with Gasteiger partial charge in [0.25, 0.3) is 0 Å². The van der Waals surface area contributed by atoms with E-state index in [2.05, 4.69) is 28.4 Å². The van der Waals surface area contributed by atoms with E-state index in [4.69, 9.17) is 14.2 Å². The Balaban J connectivity index is 1.43. The molecule has 7 heteroatoms. The van der Waals surface area contributed by atoms with Crippen molar-refractivity contribution < 1.29 is 19.0 Å². The molecule has 2 aliphatic rings. The van der Waals surface area contributed by atoms with Crippen LogP contribution in [-0.2, 0) is 14.3 Å². The van der Waals surface area contributed by atoms with E-state index < -0.39 is 5.79 Å². The smallest absolute Gasteiger partial charge is 0.223 e. The molecule has 4 heterocycles. The van der Waals surface area contributed by atoms with Crippen LogP contribution in [-0.4, -0.2) is 59.4 Å². The highest BCUT2D eigenvalue weighted by Gasteiger charge is 2.41. The van der Waals surface area contributed by atoms with Gasteiger partial charge >= 0.3 is 0 Å². The second-order valence-corrected chi connectivity index (χ2v) is 8.59. The van der Waals surface area contributed by atoms with Gasteiger partial charge in [-0.05, 0) is 36.2 Å². The number of ether oxygens (including phenoxy) is 3. The zero-order valence-corrected chi connectivity index (χ0v) is 18.6. The monoisotopic (exact) mass is 435 g/mol. The standard InChI is InChI=1S/C25H29N3O4/c1-18-5-4-10-28-22(17-26-24(18)28)21(19-6-3-7-20(15-19)30-2)16-23(29)27-11-8-25(9-12-27)31-13-14-32-25/h3-7,10,15,17,21H,8-9,11-14,16H2,1-2H3. The fraction of sp³-hybridized carbons (Fsp3) is 0.440. The summed E-state index contributed by atoms with van der Waals surface area (Å²) < 4.78 is 19.2. The highest BCUT2D eigenvalue weighted by Crippen LogP contribution is 2.34. The van der Waals surface area contributed by atoms with E-state index in [0.717, 1.165) is 41.1 Å². The van der Waals surface area contributed by atoms with Crippen molar-refractivity contribution in [2.24, 2.45) is 0 Å². The molecule has 0 aliphatic carbocycles. The molecular weight excluding hydrogens is 406 g/mol.